The molecule has 19 heavy (non-hydrogen) atoms. The molecule has 1 fully saturated rings. The Morgan fingerprint density at radius 2 is 2.16 bits per heavy atom. The molecule has 2 rings (SSSR count). The van der Waals surface area contributed by atoms with E-state index in [1.807, 2.05) is 12.1 Å². The fourth-order valence-corrected chi connectivity index (χ4v) is 2.70. The van der Waals surface area contributed by atoms with Crippen molar-refractivity contribution in [2.24, 2.45) is 5.92 Å². The van der Waals surface area contributed by atoms with Gasteiger partial charge in [-0.2, -0.15) is 0 Å². The first-order chi connectivity index (χ1) is 9.10. The summed E-state index contributed by atoms with van der Waals surface area (Å²) in [4.78, 5) is 13.9. The summed E-state index contributed by atoms with van der Waals surface area (Å²) in [6.45, 7) is 2.64. The second kappa shape index (κ2) is 6.26. The highest BCUT2D eigenvalue weighted by atomic mass is 35.5. The third-order valence-corrected chi connectivity index (χ3v) is 3.94. The highest BCUT2D eigenvalue weighted by Crippen LogP contribution is 2.23. The zero-order valence-electron chi connectivity index (χ0n) is 11.2. The van der Waals surface area contributed by atoms with E-state index in [2.05, 4.69) is 10.2 Å². The number of carbonyl (C=O) groups is 1. The van der Waals surface area contributed by atoms with Crippen molar-refractivity contribution >= 4 is 23.2 Å². The summed E-state index contributed by atoms with van der Waals surface area (Å²) in [7, 11) is 1.70. The van der Waals surface area contributed by atoms with Crippen molar-refractivity contribution in [3.63, 3.8) is 0 Å². The molecule has 0 aromatic heterocycles. The van der Waals surface area contributed by atoms with Crippen molar-refractivity contribution in [2.75, 3.05) is 25.9 Å². The zero-order chi connectivity index (χ0) is 13.8. The van der Waals surface area contributed by atoms with Gasteiger partial charge in [0.05, 0.1) is 0 Å². The summed E-state index contributed by atoms with van der Waals surface area (Å²) < 4.78 is 0. The minimum atomic E-state index is 0.151. The van der Waals surface area contributed by atoms with Crippen molar-refractivity contribution < 1.29 is 4.79 Å². The largest absolute Gasteiger partial charge is 0.398 e. The number of nitrogens with two attached hydrogens (primary N) is 1. The molecular formula is C14H20ClN3O. The lowest BCUT2D eigenvalue weighted by atomic mass is 9.95. The molecule has 0 aliphatic carbocycles. The van der Waals surface area contributed by atoms with Gasteiger partial charge < -0.3 is 11.1 Å². The number of hydrogen-bond acceptors (Lipinski definition) is 3. The van der Waals surface area contributed by atoms with Gasteiger partial charge in [0.25, 0.3) is 0 Å². The Bertz CT molecular complexity index is 456. The highest BCUT2D eigenvalue weighted by molar-refractivity contribution is 6.30. The van der Waals surface area contributed by atoms with Gasteiger partial charge in [0.1, 0.15) is 0 Å². The lowest BCUT2D eigenvalue weighted by molar-refractivity contribution is -0.125. The van der Waals surface area contributed by atoms with Crippen LogP contribution < -0.4 is 11.1 Å². The van der Waals surface area contributed by atoms with E-state index in [-0.39, 0.29) is 11.8 Å². The molecule has 0 spiro atoms. The third-order valence-electron chi connectivity index (χ3n) is 3.70. The van der Waals surface area contributed by atoms with Crippen LogP contribution in [0.2, 0.25) is 5.02 Å². The van der Waals surface area contributed by atoms with E-state index < -0.39 is 0 Å². The van der Waals surface area contributed by atoms with Crippen LogP contribution in [0.1, 0.15) is 18.4 Å². The van der Waals surface area contributed by atoms with Gasteiger partial charge in [-0.25, -0.2) is 0 Å². The number of nitrogens with zero attached hydrogens (tertiary/aromatic N) is 1. The monoisotopic (exact) mass is 281 g/mol. The maximum absolute atomic E-state index is 11.6. The number of nitrogen functional groups attached to an aromatic ring is 1. The van der Waals surface area contributed by atoms with Crippen molar-refractivity contribution in [2.45, 2.75) is 19.4 Å². The molecule has 1 amide bonds. The first-order valence-electron chi connectivity index (χ1n) is 6.58. The Hall–Kier alpha value is -1.26. The molecule has 5 heteroatoms. The van der Waals surface area contributed by atoms with E-state index in [4.69, 9.17) is 17.3 Å². The van der Waals surface area contributed by atoms with Crippen molar-refractivity contribution in [1.82, 2.24) is 10.2 Å². The molecule has 0 bridgehead atoms. The van der Waals surface area contributed by atoms with Crippen molar-refractivity contribution in [3.05, 3.63) is 28.8 Å². The number of hydrogen-bond donors (Lipinski definition) is 2. The summed E-state index contributed by atoms with van der Waals surface area (Å²) in [5, 5.41) is 3.43. The number of carbonyl (C=O) groups excluding carboxylic acids is 1. The Balaban J connectivity index is 1.92. The average Bonchev–Trinajstić information content (AvgIpc) is 2.43. The number of benzene rings is 1. The van der Waals surface area contributed by atoms with Gasteiger partial charge in [0.2, 0.25) is 5.91 Å². The number of nitrogens with one attached hydrogen (secondary N) is 1. The molecule has 1 aromatic carbocycles. The highest BCUT2D eigenvalue weighted by Gasteiger charge is 2.24. The van der Waals surface area contributed by atoms with E-state index in [0.717, 1.165) is 43.7 Å². The molecule has 1 aliphatic rings. The molecule has 0 atom stereocenters. The molecule has 0 radical (unpaired) electrons. The molecule has 0 saturated carbocycles. The van der Waals surface area contributed by atoms with Gasteiger partial charge in [-0.15, -0.1) is 0 Å². The van der Waals surface area contributed by atoms with Crippen LogP contribution in [0.15, 0.2) is 18.2 Å². The summed E-state index contributed by atoms with van der Waals surface area (Å²) in [6.07, 6.45) is 1.81. The molecule has 0 unspecified atom stereocenters. The predicted molar refractivity (Wildman–Crippen MR) is 77.9 cm³/mol. The molecule has 3 N–H and O–H groups in total. The van der Waals surface area contributed by atoms with E-state index in [1.54, 1.807) is 13.1 Å². The van der Waals surface area contributed by atoms with Crippen LogP contribution in [0, 0.1) is 5.92 Å². The van der Waals surface area contributed by atoms with Crippen LogP contribution in [0.5, 0.6) is 0 Å². The molecule has 1 aliphatic heterocycles. The van der Waals surface area contributed by atoms with Crippen molar-refractivity contribution in [1.29, 1.82) is 0 Å². The second-order valence-corrected chi connectivity index (χ2v) is 5.44. The number of rotatable bonds is 3. The molecule has 1 saturated heterocycles. The maximum Gasteiger partial charge on any atom is 0.222 e. The minimum Gasteiger partial charge on any atom is -0.398 e. The lowest BCUT2D eigenvalue weighted by Gasteiger charge is -2.31. The number of anilines is 1. The Morgan fingerprint density at radius 3 is 2.79 bits per heavy atom. The fraction of sp³-hybridized carbons (Fsp3) is 0.500. The van der Waals surface area contributed by atoms with Gasteiger partial charge in [0.15, 0.2) is 0 Å². The van der Waals surface area contributed by atoms with Gasteiger partial charge in [0, 0.05) is 30.2 Å². The molecular weight excluding hydrogens is 262 g/mol. The molecule has 1 aromatic rings. The Morgan fingerprint density at radius 1 is 1.47 bits per heavy atom. The smallest absolute Gasteiger partial charge is 0.222 e. The zero-order valence-corrected chi connectivity index (χ0v) is 11.9. The van der Waals surface area contributed by atoms with Crippen molar-refractivity contribution in [3.8, 4) is 0 Å². The van der Waals surface area contributed by atoms with Gasteiger partial charge in [-0.3, -0.25) is 9.69 Å². The van der Waals surface area contributed by atoms with E-state index >= 15 is 0 Å². The number of piperidine rings is 1. The normalized spacial score (nSPS) is 17.4. The van der Waals surface area contributed by atoms with Gasteiger partial charge in [-0.05, 0) is 49.7 Å². The molecule has 104 valence electrons. The minimum absolute atomic E-state index is 0.151. The van der Waals surface area contributed by atoms with Crippen LogP contribution in [-0.4, -0.2) is 30.9 Å². The van der Waals surface area contributed by atoms with Crippen LogP contribution in [0.4, 0.5) is 5.69 Å². The predicted octanol–water partition coefficient (Wildman–Crippen LogP) is 1.88. The summed E-state index contributed by atoms with van der Waals surface area (Å²) in [6, 6.07) is 5.56. The molecule has 4 nitrogen and oxygen atoms in total. The molecule has 1 heterocycles. The summed E-state index contributed by atoms with van der Waals surface area (Å²) in [5.41, 5.74) is 7.79. The van der Waals surface area contributed by atoms with Gasteiger partial charge >= 0.3 is 0 Å². The topological polar surface area (TPSA) is 58.4 Å². The van der Waals surface area contributed by atoms with E-state index in [0.29, 0.717) is 5.02 Å². The Labute approximate surface area is 118 Å². The van der Waals surface area contributed by atoms with Crippen LogP contribution >= 0.6 is 11.6 Å². The van der Waals surface area contributed by atoms with Gasteiger partial charge in [-0.1, -0.05) is 11.6 Å². The first kappa shape index (κ1) is 14.2. The lowest BCUT2D eigenvalue weighted by Crippen LogP contribution is -2.39. The number of amides is 1. The first-order valence-corrected chi connectivity index (χ1v) is 6.96. The van der Waals surface area contributed by atoms with Crippen LogP contribution in [-0.2, 0) is 11.3 Å². The number of likely N-dealkylation sites (tertiary alicyclic amines) is 1. The van der Waals surface area contributed by atoms with E-state index in [9.17, 15) is 4.79 Å². The standard InChI is InChI=1S/C14H20ClN3O/c1-17-14(19)10-4-6-18(7-5-10)9-11-8-12(15)2-3-13(11)16/h2-3,8,10H,4-7,9,16H2,1H3,(H,17,19). The fourth-order valence-electron chi connectivity index (χ4n) is 2.51. The maximum atomic E-state index is 11.6. The van der Waals surface area contributed by atoms with Crippen LogP contribution in [0.3, 0.4) is 0 Å². The Kier molecular flexibility index (Phi) is 4.66. The summed E-state index contributed by atoms with van der Waals surface area (Å²) in [5.74, 6) is 0.305. The summed E-state index contributed by atoms with van der Waals surface area (Å²) >= 11 is 5.99. The van der Waals surface area contributed by atoms with E-state index in [1.165, 1.54) is 0 Å². The third kappa shape index (κ3) is 3.61. The quantitative estimate of drug-likeness (QED) is 0.832. The number of halogens is 1. The SMILES string of the molecule is CNC(=O)C1CCN(Cc2cc(Cl)ccc2N)CC1. The average molecular weight is 282 g/mol. The second-order valence-electron chi connectivity index (χ2n) is 5.01. The van der Waals surface area contributed by atoms with Crippen LogP contribution in [0.25, 0.3) is 0 Å².